The number of carbonyl (C=O) groups is 2. The molecule has 0 bridgehead atoms. The highest BCUT2D eigenvalue weighted by Gasteiger charge is 2.32. The van der Waals surface area contributed by atoms with Crippen molar-refractivity contribution < 1.29 is 9.59 Å². The third kappa shape index (κ3) is 1.16. The second-order valence-corrected chi connectivity index (χ2v) is 3.05. The Labute approximate surface area is 70.1 Å². The average Bonchev–Trinajstić information content (AvgIpc) is 2.07. The molecule has 2 aliphatic heterocycles. The molecule has 0 saturated carbocycles. The summed E-state index contributed by atoms with van der Waals surface area (Å²) in [5.74, 6) is 0.0110. The summed E-state index contributed by atoms with van der Waals surface area (Å²) in [7, 11) is 0. The van der Waals surface area contributed by atoms with Crippen molar-refractivity contribution in [3.8, 4) is 0 Å². The molecule has 2 heterocycles. The maximum absolute atomic E-state index is 11.3. The van der Waals surface area contributed by atoms with Crippen molar-refractivity contribution in [3.05, 3.63) is 0 Å². The van der Waals surface area contributed by atoms with Crippen molar-refractivity contribution in [2.75, 3.05) is 19.6 Å². The molecule has 1 atom stereocenters. The van der Waals surface area contributed by atoms with Crippen molar-refractivity contribution in [3.63, 3.8) is 0 Å². The highest BCUT2D eigenvalue weighted by atomic mass is 16.2. The molecule has 2 aliphatic rings. The molecule has 12 heavy (non-hydrogen) atoms. The Kier molecular flexibility index (Phi) is 1.73. The van der Waals surface area contributed by atoms with Gasteiger partial charge in [0.05, 0.1) is 6.54 Å². The van der Waals surface area contributed by atoms with Crippen LogP contribution in [0.3, 0.4) is 0 Å². The summed E-state index contributed by atoms with van der Waals surface area (Å²) in [5.41, 5.74) is 0. The first-order valence-corrected chi connectivity index (χ1v) is 4.07. The van der Waals surface area contributed by atoms with E-state index in [1.807, 2.05) is 0 Å². The smallest absolute Gasteiger partial charge is 0.239 e. The first-order valence-electron chi connectivity index (χ1n) is 4.07. The Balaban J connectivity index is 2.10. The lowest BCUT2D eigenvalue weighted by Gasteiger charge is -2.39. The maximum atomic E-state index is 11.3. The minimum atomic E-state index is -0.0664. The molecule has 0 spiro atoms. The van der Waals surface area contributed by atoms with Gasteiger partial charge in [-0.3, -0.25) is 14.9 Å². The third-order valence-electron chi connectivity index (χ3n) is 2.22. The van der Waals surface area contributed by atoms with Gasteiger partial charge in [0.1, 0.15) is 12.7 Å². The van der Waals surface area contributed by atoms with E-state index < -0.39 is 0 Å². The minimum Gasteiger partial charge on any atom is -0.351 e. The van der Waals surface area contributed by atoms with Crippen LogP contribution in [0, 0.1) is 0 Å². The van der Waals surface area contributed by atoms with Gasteiger partial charge in [-0.05, 0) is 0 Å². The van der Waals surface area contributed by atoms with E-state index in [4.69, 9.17) is 0 Å². The lowest BCUT2D eigenvalue weighted by atomic mass is 10.2. The zero-order valence-corrected chi connectivity index (χ0v) is 6.67. The van der Waals surface area contributed by atoms with Gasteiger partial charge in [0.15, 0.2) is 0 Å². The predicted octanol–water partition coefficient (Wildman–Crippen LogP) is -1.74. The van der Waals surface area contributed by atoms with E-state index in [1.54, 1.807) is 4.90 Å². The Bertz CT molecular complexity index is 229. The van der Waals surface area contributed by atoms with E-state index in [9.17, 15) is 9.59 Å². The third-order valence-corrected chi connectivity index (χ3v) is 2.22. The van der Waals surface area contributed by atoms with E-state index >= 15 is 0 Å². The number of carbonyl (C=O) groups excluding carboxylic acids is 2. The summed E-state index contributed by atoms with van der Waals surface area (Å²) in [6.45, 7) is 1.46. The van der Waals surface area contributed by atoms with Gasteiger partial charge in [-0.2, -0.15) is 0 Å². The van der Waals surface area contributed by atoms with Gasteiger partial charge in [-0.25, -0.2) is 0 Å². The number of nitrogens with zero attached hydrogens (tertiary/aromatic N) is 1. The summed E-state index contributed by atoms with van der Waals surface area (Å²) >= 11 is 0. The first kappa shape index (κ1) is 7.54. The molecule has 0 aromatic heterocycles. The van der Waals surface area contributed by atoms with Crippen molar-refractivity contribution in [1.29, 1.82) is 0 Å². The highest BCUT2D eigenvalue weighted by Crippen LogP contribution is 2.07. The van der Waals surface area contributed by atoms with Crippen LogP contribution in [0.5, 0.6) is 0 Å². The van der Waals surface area contributed by atoms with Crippen molar-refractivity contribution in [2.45, 2.75) is 12.6 Å². The summed E-state index contributed by atoms with van der Waals surface area (Å²) in [6.07, 6.45) is 0.521. The fraction of sp³-hybridized carbons (Fsp3) is 0.714. The molecule has 5 nitrogen and oxygen atoms in total. The van der Waals surface area contributed by atoms with Gasteiger partial charge in [-0.1, -0.05) is 0 Å². The monoisotopic (exact) mass is 169 g/mol. The molecule has 0 aliphatic carbocycles. The zero-order chi connectivity index (χ0) is 8.55. The van der Waals surface area contributed by atoms with Gasteiger partial charge in [0.25, 0.3) is 0 Å². The molecule has 2 rings (SSSR count). The number of fused-ring (bicyclic) bond motifs is 1. The first-order chi connectivity index (χ1) is 5.77. The second kappa shape index (κ2) is 2.75. The number of rotatable bonds is 0. The van der Waals surface area contributed by atoms with Gasteiger partial charge in [0, 0.05) is 13.0 Å². The Morgan fingerprint density at radius 2 is 2.25 bits per heavy atom. The van der Waals surface area contributed by atoms with Crippen LogP contribution in [0.2, 0.25) is 0 Å². The predicted molar refractivity (Wildman–Crippen MR) is 41.1 cm³/mol. The quantitative estimate of drug-likeness (QED) is 0.452. The van der Waals surface area contributed by atoms with E-state index in [0.717, 1.165) is 6.54 Å². The van der Waals surface area contributed by atoms with Crippen molar-refractivity contribution >= 4 is 11.8 Å². The molecular weight excluding hydrogens is 158 g/mol. The van der Waals surface area contributed by atoms with E-state index in [1.165, 1.54) is 0 Å². The molecular formula is C7H11N3O2. The number of hydrogen-bond donors (Lipinski definition) is 2. The topological polar surface area (TPSA) is 61.4 Å². The fourth-order valence-corrected chi connectivity index (χ4v) is 1.58. The van der Waals surface area contributed by atoms with Gasteiger partial charge < -0.3 is 10.2 Å². The number of amides is 2. The minimum absolute atomic E-state index is 0.0175. The molecule has 0 radical (unpaired) electrons. The molecule has 5 heteroatoms. The van der Waals surface area contributed by atoms with Crippen LogP contribution in [0.15, 0.2) is 0 Å². The van der Waals surface area contributed by atoms with Crippen LogP contribution in [0.1, 0.15) is 6.42 Å². The Morgan fingerprint density at radius 1 is 1.42 bits per heavy atom. The van der Waals surface area contributed by atoms with Gasteiger partial charge >= 0.3 is 0 Å². The van der Waals surface area contributed by atoms with Crippen LogP contribution in [-0.4, -0.2) is 42.5 Å². The standard InChI is InChI=1S/C7H11N3O2/c11-6-4-10-5(3-9-6)8-2-1-7(10)12/h5,8H,1-4H2,(H,9,11)/t5-/m0/s1. The van der Waals surface area contributed by atoms with Gasteiger partial charge in [-0.15, -0.1) is 0 Å². The maximum Gasteiger partial charge on any atom is 0.239 e. The summed E-state index contributed by atoms with van der Waals surface area (Å²) in [4.78, 5) is 23.8. The molecule has 2 fully saturated rings. The van der Waals surface area contributed by atoms with Crippen LogP contribution in [0.25, 0.3) is 0 Å². The highest BCUT2D eigenvalue weighted by molar-refractivity contribution is 5.86. The zero-order valence-electron chi connectivity index (χ0n) is 6.67. The summed E-state index contributed by atoms with van der Waals surface area (Å²) < 4.78 is 0. The fourth-order valence-electron chi connectivity index (χ4n) is 1.58. The second-order valence-electron chi connectivity index (χ2n) is 3.05. The number of hydrogen-bond acceptors (Lipinski definition) is 3. The van der Waals surface area contributed by atoms with Crippen LogP contribution < -0.4 is 10.6 Å². The molecule has 0 aromatic rings. The van der Waals surface area contributed by atoms with Crippen LogP contribution in [0.4, 0.5) is 0 Å². The SMILES string of the molecule is O=C1CN2C(=O)CCN[C@@H]2CN1. The average molecular weight is 169 g/mol. The summed E-state index contributed by atoms with van der Waals surface area (Å²) in [6, 6.07) is 0. The number of nitrogens with one attached hydrogen (secondary N) is 2. The van der Waals surface area contributed by atoms with Crippen LogP contribution >= 0.6 is 0 Å². The lowest BCUT2D eigenvalue weighted by molar-refractivity contribution is -0.144. The van der Waals surface area contributed by atoms with Crippen molar-refractivity contribution in [2.24, 2.45) is 0 Å². The Morgan fingerprint density at radius 3 is 3.08 bits per heavy atom. The molecule has 0 aromatic carbocycles. The van der Waals surface area contributed by atoms with E-state index in [-0.39, 0.29) is 24.5 Å². The van der Waals surface area contributed by atoms with E-state index in [0.29, 0.717) is 13.0 Å². The molecule has 66 valence electrons. The summed E-state index contributed by atoms with van der Waals surface area (Å²) in [5, 5.41) is 5.87. The molecule has 2 amide bonds. The van der Waals surface area contributed by atoms with Crippen molar-refractivity contribution in [1.82, 2.24) is 15.5 Å². The number of piperazine rings is 1. The van der Waals surface area contributed by atoms with Crippen LogP contribution in [-0.2, 0) is 9.59 Å². The van der Waals surface area contributed by atoms with Gasteiger partial charge in [0.2, 0.25) is 11.8 Å². The molecule has 2 saturated heterocycles. The lowest BCUT2D eigenvalue weighted by Crippen LogP contribution is -2.64. The largest absolute Gasteiger partial charge is 0.351 e. The molecule has 0 unspecified atom stereocenters. The van der Waals surface area contributed by atoms with E-state index in [2.05, 4.69) is 10.6 Å². The molecule has 2 N–H and O–H groups in total. The Hall–Kier alpha value is -1.10. The normalized spacial score (nSPS) is 29.7.